The van der Waals surface area contributed by atoms with Crippen molar-refractivity contribution >= 4 is 57.3 Å². The van der Waals surface area contributed by atoms with Gasteiger partial charge in [-0.3, -0.25) is 19.7 Å². The number of thiazole rings is 1. The van der Waals surface area contributed by atoms with Crippen LogP contribution in [0.15, 0.2) is 59.1 Å². The molecule has 0 bridgehead atoms. The molecule has 2 amide bonds. The van der Waals surface area contributed by atoms with Crippen LogP contribution < -0.4 is 10.6 Å². The maximum Gasteiger partial charge on any atom is 0.270 e. The first kappa shape index (κ1) is 28.2. The van der Waals surface area contributed by atoms with Crippen LogP contribution in [0.3, 0.4) is 0 Å². The van der Waals surface area contributed by atoms with Crippen molar-refractivity contribution < 1.29 is 14.5 Å². The summed E-state index contributed by atoms with van der Waals surface area (Å²) in [6.07, 6.45) is 0. The first-order valence-electron chi connectivity index (χ1n) is 11.7. The second-order valence-electron chi connectivity index (χ2n) is 8.78. The molecule has 2 heterocycles. The molecule has 0 aliphatic carbocycles. The molecule has 0 saturated carbocycles. The van der Waals surface area contributed by atoms with Crippen LogP contribution in [0.2, 0.25) is 5.02 Å². The Morgan fingerprint density at radius 1 is 1.18 bits per heavy atom. The average Bonchev–Trinajstić information content (AvgIpc) is 3.52. The molecule has 202 valence electrons. The van der Waals surface area contributed by atoms with Gasteiger partial charge in [0.2, 0.25) is 5.91 Å². The Balaban J connectivity index is 1.38. The monoisotopic (exact) mass is 585 g/mol. The first-order chi connectivity index (χ1) is 18.6. The molecule has 1 atom stereocenters. The number of hydrogen-bond donors (Lipinski definition) is 2. The summed E-state index contributed by atoms with van der Waals surface area (Å²) in [5, 5.41) is 28.7. The molecule has 14 heteroatoms. The molecular formula is C25H24ClN7O4S2. The number of nitrogens with one attached hydrogen (secondary N) is 2. The number of carbonyl (C=O) groups excluding carboxylic acids is 2. The van der Waals surface area contributed by atoms with Crippen LogP contribution in [0.4, 0.5) is 10.8 Å². The maximum atomic E-state index is 12.9. The lowest BCUT2D eigenvalue weighted by atomic mass is 10.0. The van der Waals surface area contributed by atoms with Crippen molar-refractivity contribution in [2.45, 2.75) is 25.0 Å². The molecule has 0 aliphatic heterocycles. The van der Waals surface area contributed by atoms with Crippen LogP contribution in [0.1, 0.15) is 36.1 Å². The summed E-state index contributed by atoms with van der Waals surface area (Å²) < 4.78 is 1.72. The minimum Gasteiger partial charge on any atom is -0.342 e. The third-order valence-electron chi connectivity index (χ3n) is 5.64. The van der Waals surface area contributed by atoms with Crippen molar-refractivity contribution in [3.8, 4) is 11.3 Å². The molecule has 4 rings (SSSR count). The summed E-state index contributed by atoms with van der Waals surface area (Å²) in [7, 11) is 1.75. The lowest BCUT2D eigenvalue weighted by Crippen LogP contribution is -2.33. The normalized spacial score (nSPS) is 11.8. The van der Waals surface area contributed by atoms with E-state index in [1.165, 1.54) is 47.4 Å². The van der Waals surface area contributed by atoms with Gasteiger partial charge < -0.3 is 15.2 Å². The van der Waals surface area contributed by atoms with Crippen molar-refractivity contribution in [1.29, 1.82) is 0 Å². The van der Waals surface area contributed by atoms with Crippen molar-refractivity contribution in [2.75, 3.05) is 11.1 Å². The van der Waals surface area contributed by atoms with Crippen LogP contribution in [0.5, 0.6) is 0 Å². The molecule has 2 N–H and O–H groups in total. The van der Waals surface area contributed by atoms with E-state index in [4.69, 9.17) is 11.6 Å². The highest BCUT2D eigenvalue weighted by molar-refractivity contribution is 7.99. The molecule has 2 aromatic carbocycles. The van der Waals surface area contributed by atoms with Gasteiger partial charge in [0, 0.05) is 40.7 Å². The Kier molecular flexibility index (Phi) is 8.94. The second kappa shape index (κ2) is 12.4. The average molecular weight is 586 g/mol. The number of benzene rings is 2. The Morgan fingerprint density at radius 3 is 2.62 bits per heavy atom. The van der Waals surface area contributed by atoms with Crippen LogP contribution >= 0.6 is 34.7 Å². The minimum absolute atomic E-state index is 0.0589. The van der Waals surface area contributed by atoms with Gasteiger partial charge >= 0.3 is 0 Å². The van der Waals surface area contributed by atoms with E-state index >= 15 is 0 Å². The van der Waals surface area contributed by atoms with Crippen molar-refractivity contribution in [3.05, 3.63) is 80.4 Å². The zero-order valence-electron chi connectivity index (χ0n) is 21.1. The number of nitro groups is 1. The predicted octanol–water partition coefficient (Wildman–Crippen LogP) is 5.36. The summed E-state index contributed by atoms with van der Waals surface area (Å²) in [4.78, 5) is 40.4. The molecular weight excluding hydrogens is 562 g/mol. The summed E-state index contributed by atoms with van der Waals surface area (Å²) in [5.41, 5.74) is 1.64. The van der Waals surface area contributed by atoms with Gasteiger partial charge in [-0.05, 0) is 24.1 Å². The number of non-ortho nitro benzene ring substituents is 1. The van der Waals surface area contributed by atoms with Crippen molar-refractivity contribution in [3.63, 3.8) is 0 Å². The van der Waals surface area contributed by atoms with E-state index < -0.39 is 16.9 Å². The van der Waals surface area contributed by atoms with E-state index in [9.17, 15) is 19.7 Å². The highest BCUT2D eigenvalue weighted by atomic mass is 35.5. The van der Waals surface area contributed by atoms with Crippen LogP contribution in [-0.4, -0.2) is 42.2 Å². The summed E-state index contributed by atoms with van der Waals surface area (Å²) in [6, 6.07) is 12.3. The minimum atomic E-state index is -0.549. The summed E-state index contributed by atoms with van der Waals surface area (Å²) in [5.74, 6) is -0.194. The summed E-state index contributed by atoms with van der Waals surface area (Å²) in [6.45, 7) is 3.83. The van der Waals surface area contributed by atoms with Gasteiger partial charge in [0.25, 0.3) is 11.6 Å². The fourth-order valence-corrected chi connectivity index (χ4v) is 5.19. The quantitative estimate of drug-likeness (QED) is 0.144. The molecule has 4 aromatic rings. The number of hydrogen-bond acceptors (Lipinski definition) is 9. The zero-order chi connectivity index (χ0) is 28.1. The predicted molar refractivity (Wildman–Crippen MR) is 151 cm³/mol. The van der Waals surface area contributed by atoms with E-state index in [2.05, 4.69) is 25.8 Å². The van der Waals surface area contributed by atoms with Crippen LogP contribution in [0, 0.1) is 16.0 Å². The number of nitro benzene ring substituents is 1. The third kappa shape index (κ3) is 6.99. The first-order valence-corrected chi connectivity index (χ1v) is 14.0. The number of thioether (sulfide) groups is 1. The number of amides is 2. The van der Waals surface area contributed by atoms with Crippen LogP contribution in [-0.2, 0) is 11.8 Å². The fraction of sp³-hybridized carbons (Fsp3) is 0.240. The molecule has 0 fully saturated rings. The molecule has 39 heavy (non-hydrogen) atoms. The maximum absolute atomic E-state index is 12.9. The fourth-order valence-electron chi connectivity index (χ4n) is 3.61. The Hall–Kier alpha value is -3.81. The van der Waals surface area contributed by atoms with E-state index in [-0.39, 0.29) is 28.8 Å². The highest BCUT2D eigenvalue weighted by Crippen LogP contribution is 2.27. The SMILES string of the molecule is CC(C)C(NC(=O)c1cccc([N+](=O)[O-])c1)c1nnc(SCC(=O)Nc2nc(-c3ccc(Cl)cc3)cs2)n1C. The van der Waals surface area contributed by atoms with E-state index in [1.807, 2.05) is 31.4 Å². The number of carbonyl (C=O) groups is 2. The van der Waals surface area contributed by atoms with Gasteiger partial charge in [-0.15, -0.1) is 21.5 Å². The lowest BCUT2D eigenvalue weighted by molar-refractivity contribution is -0.384. The van der Waals surface area contributed by atoms with Gasteiger partial charge in [-0.2, -0.15) is 0 Å². The standard InChI is InChI=1S/C25H24ClN7O4S2/c1-14(2)21(29-23(35)16-5-4-6-18(11-16)33(36)37)22-30-31-25(32(22)3)39-13-20(34)28-24-27-19(12-38-24)15-7-9-17(26)10-8-15/h4-12,14,21H,13H2,1-3H3,(H,29,35)(H,27,28,34). The zero-order valence-corrected chi connectivity index (χ0v) is 23.5. The number of nitrogens with zero attached hydrogens (tertiary/aromatic N) is 5. The van der Waals surface area contributed by atoms with Crippen molar-refractivity contribution in [1.82, 2.24) is 25.1 Å². The molecule has 11 nitrogen and oxygen atoms in total. The lowest BCUT2D eigenvalue weighted by Gasteiger charge is -2.21. The third-order valence-corrected chi connectivity index (χ3v) is 7.67. The number of aromatic nitrogens is 4. The van der Waals surface area contributed by atoms with Gasteiger partial charge in [-0.1, -0.05) is 55.4 Å². The summed E-state index contributed by atoms with van der Waals surface area (Å²) >= 11 is 8.46. The molecule has 0 saturated heterocycles. The van der Waals surface area contributed by atoms with Gasteiger partial charge in [0.15, 0.2) is 16.1 Å². The van der Waals surface area contributed by atoms with Gasteiger partial charge in [0.05, 0.1) is 22.4 Å². The number of rotatable bonds is 10. The molecule has 0 spiro atoms. The number of halogens is 1. The van der Waals surface area contributed by atoms with Crippen LogP contribution in [0.25, 0.3) is 11.3 Å². The Labute approximate surface area is 237 Å². The second-order valence-corrected chi connectivity index (χ2v) is 11.0. The van der Waals surface area contributed by atoms with Crippen molar-refractivity contribution in [2.24, 2.45) is 13.0 Å². The molecule has 0 radical (unpaired) electrons. The molecule has 1 unspecified atom stereocenters. The molecule has 2 aromatic heterocycles. The number of anilines is 1. The largest absolute Gasteiger partial charge is 0.342 e. The van der Waals surface area contributed by atoms with E-state index in [0.29, 0.717) is 21.1 Å². The Bertz CT molecular complexity index is 1500. The van der Waals surface area contributed by atoms with Gasteiger partial charge in [0.1, 0.15) is 0 Å². The highest BCUT2D eigenvalue weighted by Gasteiger charge is 2.26. The van der Waals surface area contributed by atoms with E-state index in [1.54, 1.807) is 23.7 Å². The topological polar surface area (TPSA) is 145 Å². The molecule has 0 aliphatic rings. The Morgan fingerprint density at radius 2 is 1.92 bits per heavy atom. The van der Waals surface area contributed by atoms with Gasteiger partial charge in [-0.25, -0.2) is 4.98 Å². The van der Waals surface area contributed by atoms with E-state index in [0.717, 1.165) is 11.3 Å². The smallest absolute Gasteiger partial charge is 0.270 e.